The lowest BCUT2D eigenvalue weighted by atomic mass is 9.97. The van der Waals surface area contributed by atoms with E-state index in [0.29, 0.717) is 6.54 Å². The molecule has 1 atom stereocenters. The van der Waals surface area contributed by atoms with Gasteiger partial charge in [0.1, 0.15) is 5.82 Å². The monoisotopic (exact) mass is 296 g/mol. The van der Waals surface area contributed by atoms with Gasteiger partial charge in [-0.15, -0.1) is 0 Å². The first-order valence-corrected chi connectivity index (χ1v) is 7.61. The van der Waals surface area contributed by atoms with Crippen LogP contribution >= 0.6 is 0 Å². The molecule has 1 N–H and O–H groups in total. The number of carbonyl (C=O) groups is 1. The summed E-state index contributed by atoms with van der Waals surface area (Å²) in [6, 6.07) is 7.89. The summed E-state index contributed by atoms with van der Waals surface area (Å²) in [4.78, 5) is 23.0. The van der Waals surface area contributed by atoms with Gasteiger partial charge in [-0.05, 0) is 31.9 Å². The lowest BCUT2D eigenvalue weighted by Gasteiger charge is -2.32. The van der Waals surface area contributed by atoms with Gasteiger partial charge >= 0.3 is 0 Å². The van der Waals surface area contributed by atoms with Gasteiger partial charge in [-0.1, -0.05) is 17.7 Å². The van der Waals surface area contributed by atoms with Gasteiger partial charge in [0.15, 0.2) is 0 Å². The molecule has 0 radical (unpaired) electrons. The highest BCUT2D eigenvalue weighted by Crippen LogP contribution is 2.22. The van der Waals surface area contributed by atoms with Gasteiger partial charge in [-0.2, -0.15) is 0 Å². The van der Waals surface area contributed by atoms with Gasteiger partial charge in [-0.25, -0.2) is 4.98 Å². The Labute approximate surface area is 130 Å². The fraction of sp³-hybridized carbons (Fsp3) is 0.353. The van der Waals surface area contributed by atoms with Crippen LogP contribution in [0.5, 0.6) is 0 Å². The summed E-state index contributed by atoms with van der Waals surface area (Å²) in [5, 5.41) is 3.01. The molecule has 1 aliphatic rings. The number of rotatable bonds is 3. The van der Waals surface area contributed by atoms with Gasteiger partial charge < -0.3 is 10.2 Å². The SMILES string of the molecule is Cc1ccc(NC(=O)C2CCCN(c3cnccn3)C2)cc1. The summed E-state index contributed by atoms with van der Waals surface area (Å²) in [7, 11) is 0. The van der Waals surface area contributed by atoms with Gasteiger partial charge in [0.2, 0.25) is 5.91 Å². The molecule has 2 aromatic rings. The lowest BCUT2D eigenvalue weighted by Crippen LogP contribution is -2.41. The third-order valence-corrected chi connectivity index (χ3v) is 3.98. The first kappa shape index (κ1) is 14.5. The molecule has 1 aromatic carbocycles. The van der Waals surface area contributed by atoms with E-state index in [1.54, 1.807) is 18.6 Å². The average molecular weight is 296 g/mol. The molecule has 1 unspecified atom stereocenters. The van der Waals surface area contributed by atoms with Crippen LogP contribution in [-0.2, 0) is 4.79 Å². The Kier molecular flexibility index (Phi) is 4.32. The third-order valence-electron chi connectivity index (χ3n) is 3.98. The van der Waals surface area contributed by atoms with Gasteiger partial charge in [0.05, 0.1) is 12.1 Å². The minimum atomic E-state index is -0.0166. The minimum absolute atomic E-state index is 0.0166. The average Bonchev–Trinajstić information content (AvgIpc) is 2.58. The maximum Gasteiger partial charge on any atom is 0.229 e. The Morgan fingerprint density at radius 3 is 2.82 bits per heavy atom. The van der Waals surface area contributed by atoms with Crippen molar-refractivity contribution >= 4 is 17.4 Å². The molecule has 5 nitrogen and oxygen atoms in total. The fourth-order valence-electron chi connectivity index (χ4n) is 2.73. The van der Waals surface area contributed by atoms with Crippen LogP contribution in [0.15, 0.2) is 42.9 Å². The van der Waals surface area contributed by atoms with Crippen molar-refractivity contribution in [2.75, 3.05) is 23.3 Å². The number of hydrogen-bond donors (Lipinski definition) is 1. The van der Waals surface area contributed by atoms with Crippen LogP contribution in [0.25, 0.3) is 0 Å². The van der Waals surface area contributed by atoms with E-state index < -0.39 is 0 Å². The predicted octanol–water partition coefficient (Wildman–Crippen LogP) is 2.64. The van der Waals surface area contributed by atoms with E-state index in [0.717, 1.165) is 30.9 Å². The van der Waals surface area contributed by atoms with Crippen molar-refractivity contribution in [2.45, 2.75) is 19.8 Å². The molecule has 1 aliphatic heterocycles. The second-order valence-corrected chi connectivity index (χ2v) is 5.70. The Hall–Kier alpha value is -2.43. The molecule has 1 saturated heterocycles. The normalized spacial score (nSPS) is 18.0. The summed E-state index contributed by atoms with van der Waals surface area (Å²) in [6.07, 6.45) is 7.00. The summed E-state index contributed by atoms with van der Waals surface area (Å²) in [5.74, 6) is 0.907. The highest BCUT2D eigenvalue weighted by Gasteiger charge is 2.26. The van der Waals surface area contributed by atoms with E-state index in [1.807, 2.05) is 31.2 Å². The number of amides is 1. The van der Waals surface area contributed by atoms with Crippen molar-refractivity contribution in [1.82, 2.24) is 9.97 Å². The highest BCUT2D eigenvalue weighted by molar-refractivity contribution is 5.93. The third kappa shape index (κ3) is 3.42. The van der Waals surface area contributed by atoms with Crippen LogP contribution in [0.3, 0.4) is 0 Å². The number of anilines is 2. The van der Waals surface area contributed by atoms with Gasteiger partial charge in [-0.3, -0.25) is 9.78 Å². The van der Waals surface area contributed by atoms with Crippen molar-refractivity contribution in [3.8, 4) is 0 Å². The topological polar surface area (TPSA) is 58.1 Å². The summed E-state index contributed by atoms with van der Waals surface area (Å²) in [5.41, 5.74) is 2.04. The Balaban J connectivity index is 1.64. The molecule has 0 spiro atoms. The predicted molar refractivity (Wildman–Crippen MR) is 86.8 cm³/mol. The molecule has 0 saturated carbocycles. The van der Waals surface area contributed by atoms with Crippen LogP contribution in [0.4, 0.5) is 11.5 Å². The largest absolute Gasteiger partial charge is 0.355 e. The highest BCUT2D eigenvalue weighted by atomic mass is 16.1. The van der Waals surface area contributed by atoms with Gasteiger partial charge in [0.25, 0.3) is 0 Å². The number of piperidine rings is 1. The van der Waals surface area contributed by atoms with Gasteiger partial charge in [0, 0.05) is 31.2 Å². The first-order chi connectivity index (χ1) is 10.7. The van der Waals surface area contributed by atoms with E-state index in [2.05, 4.69) is 20.2 Å². The Morgan fingerprint density at radius 2 is 2.09 bits per heavy atom. The second-order valence-electron chi connectivity index (χ2n) is 5.70. The van der Waals surface area contributed by atoms with Crippen molar-refractivity contribution in [1.29, 1.82) is 0 Å². The molecule has 22 heavy (non-hydrogen) atoms. The zero-order chi connectivity index (χ0) is 15.4. The molecular weight excluding hydrogens is 276 g/mol. The van der Waals surface area contributed by atoms with E-state index >= 15 is 0 Å². The quantitative estimate of drug-likeness (QED) is 0.946. The molecule has 0 bridgehead atoms. The summed E-state index contributed by atoms with van der Waals surface area (Å²) >= 11 is 0. The lowest BCUT2D eigenvalue weighted by molar-refractivity contribution is -0.120. The fourth-order valence-corrected chi connectivity index (χ4v) is 2.73. The minimum Gasteiger partial charge on any atom is -0.355 e. The standard InChI is InChI=1S/C17H20N4O/c1-13-4-6-15(7-5-13)20-17(22)14-3-2-10-21(12-14)16-11-18-8-9-19-16/h4-9,11,14H,2-3,10,12H2,1H3,(H,20,22). The number of nitrogens with zero attached hydrogens (tertiary/aromatic N) is 3. The van der Waals surface area contributed by atoms with Crippen LogP contribution in [0, 0.1) is 12.8 Å². The molecule has 5 heteroatoms. The van der Waals surface area contributed by atoms with Crippen LogP contribution < -0.4 is 10.2 Å². The Bertz CT molecular complexity index is 627. The number of aryl methyl sites for hydroxylation is 1. The zero-order valence-corrected chi connectivity index (χ0v) is 12.7. The molecule has 0 aliphatic carbocycles. The molecule has 1 fully saturated rings. The molecule has 1 aromatic heterocycles. The summed E-state index contributed by atoms with van der Waals surface area (Å²) in [6.45, 7) is 3.65. The molecule has 1 amide bonds. The second kappa shape index (κ2) is 6.56. The van der Waals surface area contributed by atoms with Crippen molar-refractivity contribution in [3.05, 3.63) is 48.4 Å². The molecule has 2 heterocycles. The molecular formula is C17H20N4O. The molecule has 114 valence electrons. The zero-order valence-electron chi connectivity index (χ0n) is 12.7. The van der Waals surface area contributed by atoms with Crippen molar-refractivity contribution in [3.63, 3.8) is 0 Å². The van der Waals surface area contributed by atoms with Crippen molar-refractivity contribution < 1.29 is 4.79 Å². The van der Waals surface area contributed by atoms with E-state index in [4.69, 9.17) is 0 Å². The van der Waals surface area contributed by atoms with Crippen LogP contribution in [0.2, 0.25) is 0 Å². The number of hydrogen-bond acceptors (Lipinski definition) is 4. The number of aromatic nitrogens is 2. The smallest absolute Gasteiger partial charge is 0.229 e. The maximum absolute atomic E-state index is 12.5. The number of benzene rings is 1. The number of carbonyl (C=O) groups excluding carboxylic acids is 1. The van der Waals surface area contributed by atoms with Crippen LogP contribution in [0.1, 0.15) is 18.4 Å². The van der Waals surface area contributed by atoms with Crippen LogP contribution in [-0.4, -0.2) is 29.0 Å². The first-order valence-electron chi connectivity index (χ1n) is 7.61. The maximum atomic E-state index is 12.5. The van der Waals surface area contributed by atoms with Crippen molar-refractivity contribution in [2.24, 2.45) is 5.92 Å². The van der Waals surface area contributed by atoms with E-state index in [-0.39, 0.29) is 11.8 Å². The van der Waals surface area contributed by atoms with E-state index in [1.165, 1.54) is 5.56 Å². The number of nitrogens with one attached hydrogen (secondary N) is 1. The molecule has 3 rings (SSSR count). The van der Waals surface area contributed by atoms with E-state index in [9.17, 15) is 4.79 Å². The summed E-state index contributed by atoms with van der Waals surface area (Å²) < 4.78 is 0. The Morgan fingerprint density at radius 1 is 1.27 bits per heavy atom.